The second-order valence-electron chi connectivity index (χ2n) is 5.57. The van der Waals surface area contributed by atoms with E-state index in [-0.39, 0.29) is 0 Å². The highest BCUT2D eigenvalue weighted by atomic mass is 32.1. The highest BCUT2D eigenvalue weighted by molar-refractivity contribution is 7.13. The molecule has 6 nitrogen and oxygen atoms in total. The molecule has 0 unspecified atom stereocenters. The summed E-state index contributed by atoms with van der Waals surface area (Å²) in [4.78, 5) is 9.16. The van der Waals surface area contributed by atoms with Crippen LogP contribution in [0.5, 0.6) is 0 Å². The summed E-state index contributed by atoms with van der Waals surface area (Å²) in [5.41, 5.74) is 2.05. The zero-order valence-corrected chi connectivity index (χ0v) is 13.6. The molecule has 0 aliphatic carbocycles. The Morgan fingerprint density at radius 3 is 2.61 bits per heavy atom. The Kier molecular flexibility index (Phi) is 4.04. The van der Waals surface area contributed by atoms with Crippen LogP contribution < -0.4 is 4.90 Å². The van der Waals surface area contributed by atoms with Crippen LogP contribution in [0.3, 0.4) is 0 Å². The first-order chi connectivity index (χ1) is 11.4. The van der Waals surface area contributed by atoms with Crippen LogP contribution in [0.1, 0.15) is 5.69 Å². The smallest absolute Gasteiger partial charge is 0.185 e. The van der Waals surface area contributed by atoms with Gasteiger partial charge in [0.15, 0.2) is 5.13 Å². The molecule has 1 aliphatic rings. The van der Waals surface area contributed by atoms with E-state index >= 15 is 0 Å². The maximum atomic E-state index is 4.39. The van der Waals surface area contributed by atoms with E-state index in [0.717, 1.165) is 49.2 Å². The van der Waals surface area contributed by atoms with Crippen LogP contribution in [0.15, 0.2) is 48.1 Å². The average molecular weight is 326 g/mol. The molecule has 3 aromatic rings. The maximum Gasteiger partial charge on any atom is 0.185 e. The summed E-state index contributed by atoms with van der Waals surface area (Å²) in [5, 5.41) is 11.7. The van der Waals surface area contributed by atoms with Gasteiger partial charge in [0.2, 0.25) is 0 Å². The number of nitrogens with zero attached hydrogens (tertiary/aromatic N) is 6. The van der Waals surface area contributed by atoms with Crippen LogP contribution in [0.4, 0.5) is 5.13 Å². The van der Waals surface area contributed by atoms with Crippen molar-refractivity contribution in [3.05, 3.63) is 53.8 Å². The summed E-state index contributed by atoms with van der Waals surface area (Å²) in [6, 6.07) is 10.1. The number of anilines is 1. The third-order valence-electron chi connectivity index (χ3n) is 4.01. The fraction of sp³-hybridized carbons (Fsp3) is 0.312. The van der Waals surface area contributed by atoms with E-state index in [1.54, 1.807) is 11.3 Å². The average Bonchev–Trinajstić information content (AvgIpc) is 3.28. The van der Waals surface area contributed by atoms with Crippen LogP contribution in [0.25, 0.3) is 5.69 Å². The molecule has 23 heavy (non-hydrogen) atoms. The highest BCUT2D eigenvalue weighted by Crippen LogP contribution is 2.19. The molecule has 118 valence electrons. The SMILES string of the molecule is c1ccc(-n2cc(CN3CCN(c4nccs4)CC3)nn2)cc1. The molecule has 3 heterocycles. The quantitative estimate of drug-likeness (QED) is 0.734. The number of aromatic nitrogens is 4. The first-order valence-corrected chi connectivity index (χ1v) is 8.60. The summed E-state index contributed by atoms with van der Waals surface area (Å²) in [5.74, 6) is 0. The zero-order valence-electron chi connectivity index (χ0n) is 12.7. The lowest BCUT2D eigenvalue weighted by molar-refractivity contribution is 0.247. The Labute approximate surface area is 139 Å². The molecular formula is C16H18N6S. The Morgan fingerprint density at radius 1 is 1.04 bits per heavy atom. The van der Waals surface area contributed by atoms with Gasteiger partial charge in [0.1, 0.15) is 0 Å². The Bertz CT molecular complexity index is 731. The number of thiazole rings is 1. The van der Waals surface area contributed by atoms with E-state index in [0.29, 0.717) is 0 Å². The second kappa shape index (κ2) is 6.47. The van der Waals surface area contributed by atoms with Gasteiger partial charge >= 0.3 is 0 Å². The van der Waals surface area contributed by atoms with Gasteiger partial charge in [0.05, 0.1) is 17.6 Å². The summed E-state index contributed by atoms with van der Waals surface area (Å²) in [7, 11) is 0. The van der Waals surface area contributed by atoms with Crippen LogP contribution in [-0.2, 0) is 6.54 Å². The van der Waals surface area contributed by atoms with Gasteiger partial charge in [-0.3, -0.25) is 4.90 Å². The minimum atomic E-state index is 0.846. The number of hydrogen-bond donors (Lipinski definition) is 0. The molecule has 4 rings (SSSR count). The van der Waals surface area contributed by atoms with Gasteiger partial charge in [-0.15, -0.1) is 16.4 Å². The van der Waals surface area contributed by atoms with Gasteiger partial charge in [-0.25, -0.2) is 9.67 Å². The molecule has 1 saturated heterocycles. The number of rotatable bonds is 4. The Balaban J connectivity index is 1.36. The summed E-state index contributed by atoms with van der Waals surface area (Å²) >= 11 is 1.71. The topological polar surface area (TPSA) is 50.1 Å². The van der Waals surface area contributed by atoms with Crippen molar-refractivity contribution in [1.29, 1.82) is 0 Å². The molecule has 0 N–H and O–H groups in total. The molecule has 0 amide bonds. The lowest BCUT2D eigenvalue weighted by Crippen LogP contribution is -2.46. The number of piperazine rings is 1. The lowest BCUT2D eigenvalue weighted by atomic mass is 10.3. The largest absolute Gasteiger partial charge is 0.346 e. The van der Waals surface area contributed by atoms with Crippen molar-refractivity contribution < 1.29 is 0 Å². The molecule has 7 heteroatoms. The minimum Gasteiger partial charge on any atom is -0.346 e. The fourth-order valence-electron chi connectivity index (χ4n) is 2.78. The van der Waals surface area contributed by atoms with Crippen molar-refractivity contribution in [1.82, 2.24) is 24.9 Å². The minimum absolute atomic E-state index is 0.846. The maximum absolute atomic E-state index is 4.39. The second-order valence-corrected chi connectivity index (χ2v) is 6.44. The van der Waals surface area contributed by atoms with Crippen molar-refractivity contribution >= 4 is 16.5 Å². The van der Waals surface area contributed by atoms with Gasteiger partial charge in [-0.2, -0.15) is 0 Å². The van der Waals surface area contributed by atoms with Crippen molar-refractivity contribution in [3.63, 3.8) is 0 Å². The molecule has 0 bridgehead atoms. The monoisotopic (exact) mass is 326 g/mol. The van der Waals surface area contributed by atoms with Gasteiger partial charge in [0.25, 0.3) is 0 Å². The summed E-state index contributed by atoms with van der Waals surface area (Å²) in [6.45, 7) is 4.93. The van der Waals surface area contributed by atoms with Crippen molar-refractivity contribution in [3.8, 4) is 5.69 Å². The van der Waals surface area contributed by atoms with Crippen molar-refractivity contribution in [2.45, 2.75) is 6.54 Å². The van der Waals surface area contributed by atoms with Crippen molar-refractivity contribution in [2.75, 3.05) is 31.1 Å². The molecule has 0 saturated carbocycles. The predicted octanol–water partition coefficient (Wildman–Crippen LogP) is 2.05. The Morgan fingerprint density at radius 2 is 1.87 bits per heavy atom. The summed E-state index contributed by atoms with van der Waals surface area (Å²) < 4.78 is 1.83. The molecule has 0 spiro atoms. The first kappa shape index (κ1) is 14.3. The first-order valence-electron chi connectivity index (χ1n) is 7.72. The van der Waals surface area contributed by atoms with E-state index in [9.17, 15) is 0 Å². The van der Waals surface area contributed by atoms with Gasteiger partial charge in [-0.05, 0) is 12.1 Å². The molecule has 1 aromatic carbocycles. The molecule has 0 atom stereocenters. The Hall–Kier alpha value is -2.25. The normalized spacial score (nSPS) is 15.9. The third-order valence-corrected chi connectivity index (χ3v) is 4.84. The van der Waals surface area contributed by atoms with Gasteiger partial charge in [-0.1, -0.05) is 23.4 Å². The van der Waals surface area contributed by atoms with Gasteiger partial charge < -0.3 is 4.90 Å². The fourth-order valence-corrected chi connectivity index (χ4v) is 3.47. The number of hydrogen-bond acceptors (Lipinski definition) is 6. The third kappa shape index (κ3) is 3.25. The van der Waals surface area contributed by atoms with Crippen LogP contribution in [0, 0.1) is 0 Å². The number of para-hydroxylation sites is 1. The van der Waals surface area contributed by atoms with E-state index in [4.69, 9.17) is 0 Å². The van der Waals surface area contributed by atoms with E-state index in [1.165, 1.54) is 0 Å². The highest BCUT2D eigenvalue weighted by Gasteiger charge is 2.19. The van der Waals surface area contributed by atoms with Crippen molar-refractivity contribution in [2.24, 2.45) is 0 Å². The lowest BCUT2D eigenvalue weighted by Gasteiger charge is -2.34. The molecule has 1 fully saturated rings. The zero-order chi connectivity index (χ0) is 15.5. The standard InChI is InChI=1S/C16H18N6S/c1-2-4-15(5-3-1)22-13-14(18-19-22)12-20-7-9-21(10-8-20)16-17-6-11-23-16/h1-6,11,13H,7-10,12H2. The van der Waals surface area contributed by atoms with E-state index in [1.807, 2.05) is 52.8 Å². The van der Waals surface area contributed by atoms with Crippen LogP contribution in [0.2, 0.25) is 0 Å². The molecular weight excluding hydrogens is 308 g/mol. The molecule has 1 aliphatic heterocycles. The van der Waals surface area contributed by atoms with Gasteiger partial charge in [0, 0.05) is 44.3 Å². The van der Waals surface area contributed by atoms with E-state index in [2.05, 4.69) is 25.1 Å². The van der Waals surface area contributed by atoms with Crippen LogP contribution >= 0.6 is 11.3 Å². The molecule has 2 aromatic heterocycles. The molecule has 0 radical (unpaired) electrons. The van der Waals surface area contributed by atoms with Crippen LogP contribution in [-0.4, -0.2) is 51.1 Å². The van der Waals surface area contributed by atoms with E-state index < -0.39 is 0 Å². The summed E-state index contributed by atoms with van der Waals surface area (Å²) in [6.07, 6.45) is 3.89. The predicted molar refractivity (Wildman–Crippen MR) is 91.0 cm³/mol. The number of benzene rings is 1.